The van der Waals surface area contributed by atoms with Crippen molar-refractivity contribution in [1.82, 2.24) is 0 Å². The maximum absolute atomic E-state index is 10.7. The van der Waals surface area contributed by atoms with E-state index < -0.39 is 0 Å². The maximum Gasteiger partial charge on any atom is 0.331 e. The molecule has 0 aliphatic carbocycles. The molecule has 0 aromatic heterocycles. The lowest BCUT2D eigenvalue weighted by Gasteiger charge is -2.02. The number of esters is 1. The first-order valence-corrected chi connectivity index (χ1v) is 4.08. The third-order valence-electron chi connectivity index (χ3n) is 2.07. The molecule has 0 saturated carbocycles. The molecule has 0 fully saturated rings. The van der Waals surface area contributed by atoms with Gasteiger partial charge in [-0.15, -0.1) is 0 Å². The maximum atomic E-state index is 10.7. The van der Waals surface area contributed by atoms with E-state index in [1.54, 1.807) is 6.08 Å². The van der Waals surface area contributed by atoms with E-state index in [0.29, 0.717) is 6.61 Å². The van der Waals surface area contributed by atoms with Gasteiger partial charge >= 0.3 is 5.97 Å². The summed E-state index contributed by atoms with van der Waals surface area (Å²) in [6.07, 6.45) is 2.46. The van der Waals surface area contributed by atoms with Crippen molar-refractivity contribution in [2.45, 2.75) is 27.2 Å². The van der Waals surface area contributed by atoms with Crippen molar-refractivity contribution in [1.29, 1.82) is 0 Å². The van der Waals surface area contributed by atoms with Gasteiger partial charge in [0.1, 0.15) is 6.61 Å². The molecule has 0 saturated heterocycles. The first-order valence-electron chi connectivity index (χ1n) is 4.08. The molecule has 12 heavy (non-hydrogen) atoms. The van der Waals surface area contributed by atoms with Gasteiger partial charge < -0.3 is 4.74 Å². The molecule has 66 valence electrons. The highest BCUT2D eigenvalue weighted by Crippen LogP contribution is 2.17. The molecule has 0 aromatic rings. The van der Waals surface area contributed by atoms with Crippen LogP contribution in [0.1, 0.15) is 27.2 Å². The van der Waals surface area contributed by atoms with E-state index in [1.807, 2.05) is 0 Å². The average molecular weight is 166 g/mol. The predicted octanol–water partition coefficient (Wildman–Crippen LogP) is 2.22. The van der Waals surface area contributed by atoms with E-state index in [2.05, 4.69) is 20.8 Å². The fourth-order valence-electron chi connectivity index (χ4n) is 1.03. The summed E-state index contributed by atoms with van der Waals surface area (Å²) in [5.41, 5.74) is 3.72. The summed E-state index contributed by atoms with van der Waals surface area (Å²) in [6.45, 7) is 6.71. The lowest BCUT2D eigenvalue weighted by molar-refractivity contribution is -0.134. The molecule has 2 heteroatoms. The molecule has 0 bridgehead atoms. The van der Waals surface area contributed by atoms with Crippen LogP contribution in [-0.2, 0) is 9.53 Å². The summed E-state index contributed by atoms with van der Waals surface area (Å²) in [5, 5.41) is 0. The van der Waals surface area contributed by atoms with E-state index in [0.717, 1.165) is 12.0 Å². The number of cyclic esters (lactones) is 1. The largest absolute Gasteiger partial charge is 0.458 e. The van der Waals surface area contributed by atoms with Crippen LogP contribution in [0.4, 0.5) is 0 Å². The smallest absolute Gasteiger partial charge is 0.331 e. The zero-order valence-corrected chi connectivity index (χ0v) is 7.81. The Balaban J connectivity index is 2.59. The molecular formula is C10H14O2. The summed E-state index contributed by atoms with van der Waals surface area (Å²) >= 11 is 0. The SMILES string of the molecule is CC(C)=C(C)CC1=CC(=O)OC1. The second-order valence-corrected chi connectivity index (χ2v) is 3.37. The van der Waals surface area contributed by atoms with Gasteiger partial charge in [-0.2, -0.15) is 0 Å². The van der Waals surface area contributed by atoms with Gasteiger partial charge in [-0.25, -0.2) is 4.79 Å². The summed E-state index contributed by atoms with van der Waals surface area (Å²) in [7, 11) is 0. The molecule has 1 rings (SSSR count). The second kappa shape index (κ2) is 3.57. The van der Waals surface area contributed by atoms with E-state index in [-0.39, 0.29) is 5.97 Å². The van der Waals surface area contributed by atoms with E-state index in [1.165, 1.54) is 11.1 Å². The summed E-state index contributed by atoms with van der Waals surface area (Å²) in [4.78, 5) is 10.7. The quantitative estimate of drug-likeness (QED) is 0.464. The minimum absolute atomic E-state index is 0.202. The number of carbonyl (C=O) groups is 1. The molecule has 0 radical (unpaired) electrons. The first-order chi connectivity index (χ1) is 5.59. The van der Waals surface area contributed by atoms with Crippen molar-refractivity contribution >= 4 is 5.97 Å². The minimum atomic E-state index is -0.202. The van der Waals surface area contributed by atoms with Crippen molar-refractivity contribution in [2.75, 3.05) is 6.61 Å². The third kappa shape index (κ3) is 2.22. The van der Waals surface area contributed by atoms with Crippen LogP contribution in [0.25, 0.3) is 0 Å². The van der Waals surface area contributed by atoms with Gasteiger partial charge in [-0.1, -0.05) is 11.1 Å². The zero-order chi connectivity index (χ0) is 9.14. The fraction of sp³-hybridized carbons (Fsp3) is 0.500. The monoisotopic (exact) mass is 166 g/mol. The van der Waals surface area contributed by atoms with Gasteiger partial charge in [0.25, 0.3) is 0 Å². The Labute approximate surface area is 72.9 Å². The van der Waals surface area contributed by atoms with Crippen LogP contribution in [0.2, 0.25) is 0 Å². The van der Waals surface area contributed by atoms with Crippen molar-refractivity contribution in [3.05, 3.63) is 22.8 Å². The Hall–Kier alpha value is -1.05. The average Bonchev–Trinajstić information content (AvgIpc) is 2.35. The normalized spacial score (nSPS) is 15.6. The zero-order valence-electron chi connectivity index (χ0n) is 7.81. The number of allylic oxidation sites excluding steroid dienone is 2. The van der Waals surface area contributed by atoms with Gasteiger partial charge in [0, 0.05) is 6.08 Å². The number of carbonyl (C=O) groups excluding carboxylic acids is 1. The molecule has 0 aromatic carbocycles. The molecule has 1 aliphatic rings. The van der Waals surface area contributed by atoms with Crippen molar-refractivity contribution < 1.29 is 9.53 Å². The summed E-state index contributed by atoms with van der Waals surface area (Å²) < 4.78 is 4.79. The molecule has 0 amide bonds. The lowest BCUT2D eigenvalue weighted by atomic mass is 10.0. The van der Waals surface area contributed by atoms with Crippen LogP contribution < -0.4 is 0 Å². The van der Waals surface area contributed by atoms with Gasteiger partial charge in [0.15, 0.2) is 0 Å². The Morgan fingerprint density at radius 3 is 2.58 bits per heavy atom. The molecular weight excluding hydrogens is 152 g/mol. The van der Waals surface area contributed by atoms with Crippen molar-refractivity contribution in [3.8, 4) is 0 Å². The van der Waals surface area contributed by atoms with Crippen molar-refractivity contribution in [3.63, 3.8) is 0 Å². The summed E-state index contributed by atoms with van der Waals surface area (Å²) in [5.74, 6) is -0.202. The molecule has 1 heterocycles. The highest BCUT2D eigenvalue weighted by molar-refractivity contribution is 5.85. The second-order valence-electron chi connectivity index (χ2n) is 3.37. The molecule has 2 nitrogen and oxygen atoms in total. The Morgan fingerprint density at radius 1 is 1.50 bits per heavy atom. The van der Waals surface area contributed by atoms with E-state index in [4.69, 9.17) is 4.74 Å². The number of rotatable bonds is 2. The van der Waals surface area contributed by atoms with Crippen LogP contribution in [0.5, 0.6) is 0 Å². The van der Waals surface area contributed by atoms with Crippen molar-refractivity contribution in [2.24, 2.45) is 0 Å². The van der Waals surface area contributed by atoms with Gasteiger partial charge in [-0.3, -0.25) is 0 Å². The number of hydrogen-bond acceptors (Lipinski definition) is 2. The molecule has 0 spiro atoms. The highest BCUT2D eigenvalue weighted by atomic mass is 16.5. The van der Waals surface area contributed by atoms with Gasteiger partial charge in [0.2, 0.25) is 0 Å². The van der Waals surface area contributed by atoms with Crippen LogP contribution in [-0.4, -0.2) is 12.6 Å². The predicted molar refractivity (Wildman–Crippen MR) is 47.7 cm³/mol. The number of ether oxygens (including phenoxy) is 1. The van der Waals surface area contributed by atoms with Gasteiger partial charge in [0.05, 0.1) is 0 Å². The minimum Gasteiger partial charge on any atom is -0.458 e. The Morgan fingerprint density at radius 2 is 2.17 bits per heavy atom. The van der Waals surface area contributed by atoms with Crippen LogP contribution >= 0.6 is 0 Å². The summed E-state index contributed by atoms with van der Waals surface area (Å²) in [6, 6.07) is 0. The van der Waals surface area contributed by atoms with E-state index in [9.17, 15) is 4.79 Å². The number of hydrogen-bond donors (Lipinski definition) is 0. The highest BCUT2D eigenvalue weighted by Gasteiger charge is 2.12. The lowest BCUT2D eigenvalue weighted by Crippen LogP contribution is -1.92. The Bertz CT molecular complexity index is 255. The Kier molecular flexibility index (Phi) is 2.69. The van der Waals surface area contributed by atoms with Crippen LogP contribution in [0.15, 0.2) is 22.8 Å². The van der Waals surface area contributed by atoms with Crippen LogP contribution in [0.3, 0.4) is 0 Å². The molecule has 0 atom stereocenters. The van der Waals surface area contributed by atoms with Gasteiger partial charge in [-0.05, 0) is 32.8 Å². The first kappa shape index (κ1) is 9.04. The molecule has 0 unspecified atom stereocenters. The standard InChI is InChI=1S/C10H14O2/c1-7(2)8(3)4-9-5-10(11)12-6-9/h5H,4,6H2,1-3H3. The van der Waals surface area contributed by atoms with E-state index >= 15 is 0 Å². The molecule has 0 N–H and O–H groups in total. The topological polar surface area (TPSA) is 26.3 Å². The molecule has 1 aliphatic heterocycles. The third-order valence-corrected chi connectivity index (χ3v) is 2.07. The van der Waals surface area contributed by atoms with Crippen LogP contribution in [0, 0.1) is 0 Å². The fourth-order valence-corrected chi connectivity index (χ4v) is 1.03.